The number of guanidine groups is 1. The largest absolute Gasteiger partial charge is 0.357 e. The normalized spacial score (nSPS) is 19.9. The molecule has 0 saturated carbocycles. The van der Waals surface area contributed by atoms with Gasteiger partial charge in [0, 0.05) is 19.1 Å². The molecule has 0 amide bonds. The Labute approximate surface area is 156 Å². The summed E-state index contributed by atoms with van der Waals surface area (Å²) < 4.78 is 23.0. The summed E-state index contributed by atoms with van der Waals surface area (Å²) >= 11 is 0. The Hall–Kier alpha value is -0.830. The fraction of sp³-hybridized carbons (Fsp3) is 0.562. The zero-order valence-electron chi connectivity index (χ0n) is 13.7. The highest BCUT2D eigenvalue weighted by Gasteiger charge is 2.28. The van der Waals surface area contributed by atoms with E-state index in [2.05, 4.69) is 46.8 Å². The SMILES string of the molecule is CCNC(=NCCc1cccc(C)c1)NC1CCS(=O)(=O)C1.I. The summed E-state index contributed by atoms with van der Waals surface area (Å²) in [5, 5.41) is 6.41. The maximum Gasteiger partial charge on any atom is 0.191 e. The average Bonchev–Trinajstić information content (AvgIpc) is 2.78. The molecule has 0 aliphatic carbocycles. The van der Waals surface area contributed by atoms with E-state index in [4.69, 9.17) is 0 Å². The van der Waals surface area contributed by atoms with E-state index in [0.717, 1.165) is 13.0 Å². The third-order valence-corrected chi connectivity index (χ3v) is 5.44. The van der Waals surface area contributed by atoms with Crippen LogP contribution in [0.5, 0.6) is 0 Å². The molecule has 1 aliphatic rings. The fourth-order valence-electron chi connectivity index (χ4n) is 2.59. The fourth-order valence-corrected chi connectivity index (χ4v) is 4.26. The number of nitrogens with zero attached hydrogens (tertiary/aromatic N) is 1. The van der Waals surface area contributed by atoms with E-state index >= 15 is 0 Å². The Bertz CT molecular complexity index is 632. The van der Waals surface area contributed by atoms with Crippen LogP contribution in [0.2, 0.25) is 0 Å². The molecule has 1 fully saturated rings. The first-order chi connectivity index (χ1) is 10.5. The highest BCUT2D eigenvalue weighted by atomic mass is 127. The second kappa shape index (κ2) is 9.46. The van der Waals surface area contributed by atoms with Crippen molar-refractivity contribution in [2.45, 2.75) is 32.7 Å². The van der Waals surface area contributed by atoms with Gasteiger partial charge in [-0.15, -0.1) is 24.0 Å². The minimum Gasteiger partial charge on any atom is -0.357 e. The van der Waals surface area contributed by atoms with Crippen LogP contribution in [0.1, 0.15) is 24.5 Å². The molecule has 130 valence electrons. The summed E-state index contributed by atoms with van der Waals surface area (Å²) in [5.74, 6) is 1.18. The Morgan fingerprint density at radius 3 is 2.78 bits per heavy atom. The van der Waals surface area contributed by atoms with Crippen molar-refractivity contribution in [1.29, 1.82) is 0 Å². The van der Waals surface area contributed by atoms with E-state index in [9.17, 15) is 8.42 Å². The molecule has 0 bridgehead atoms. The van der Waals surface area contributed by atoms with Crippen LogP contribution in [0, 0.1) is 6.92 Å². The Kier molecular flexibility index (Phi) is 8.32. The molecule has 1 atom stereocenters. The summed E-state index contributed by atoms with van der Waals surface area (Å²) in [6.07, 6.45) is 1.53. The highest BCUT2D eigenvalue weighted by molar-refractivity contribution is 14.0. The van der Waals surface area contributed by atoms with Gasteiger partial charge in [0.2, 0.25) is 0 Å². The van der Waals surface area contributed by atoms with Gasteiger partial charge in [-0.2, -0.15) is 0 Å². The monoisotopic (exact) mass is 451 g/mol. The predicted molar refractivity (Wildman–Crippen MR) is 106 cm³/mol. The molecule has 2 rings (SSSR count). The number of nitrogens with one attached hydrogen (secondary N) is 2. The first-order valence-electron chi connectivity index (χ1n) is 7.79. The Morgan fingerprint density at radius 1 is 1.39 bits per heavy atom. The maximum absolute atomic E-state index is 11.5. The molecule has 1 saturated heterocycles. The second-order valence-electron chi connectivity index (χ2n) is 5.74. The molecule has 2 N–H and O–H groups in total. The molecular formula is C16H26IN3O2S. The smallest absolute Gasteiger partial charge is 0.191 e. The van der Waals surface area contributed by atoms with Crippen molar-refractivity contribution in [3.8, 4) is 0 Å². The third kappa shape index (κ3) is 7.07. The van der Waals surface area contributed by atoms with Crippen molar-refractivity contribution < 1.29 is 8.42 Å². The average molecular weight is 451 g/mol. The molecule has 23 heavy (non-hydrogen) atoms. The van der Waals surface area contributed by atoms with Crippen LogP contribution in [0.25, 0.3) is 0 Å². The van der Waals surface area contributed by atoms with Crippen molar-refractivity contribution in [2.75, 3.05) is 24.6 Å². The van der Waals surface area contributed by atoms with Gasteiger partial charge in [0.1, 0.15) is 0 Å². The number of aryl methyl sites for hydroxylation is 1. The maximum atomic E-state index is 11.5. The highest BCUT2D eigenvalue weighted by Crippen LogP contribution is 2.11. The molecule has 1 unspecified atom stereocenters. The molecule has 0 aromatic heterocycles. The minimum atomic E-state index is -2.87. The van der Waals surface area contributed by atoms with E-state index in [1.54, 1.807) is 0 Å². The van der Waals surface area contributed by atoms with Crippen LogP contribution in [0.15, 0.2) is 29.3 Å². The van der Waals surface area contributed by atoms with Gasteiger partial charge in [0.15, 0.2) is 15.8 Å². The topological polar surface area (TPSA) is 70.6 Å². The van der Waals surface area contributed by atoms with Gasteiger partial charge in [0.05, 0.1) is 11.5 Å². The first kappa shape index (κ1) is 20.2. The van der Waals surface area contributed by atoms with Gasteiger partial charge in [-0.25, -0.2) is 8.42 Å². The lowest BCUT2D eigenvalue weighted by Crippen LogP contribution is -2.44. The molecule has 1 aromatic rings. The van der Waals surface area contributed by atoms with E-state index in [-0.39, 0.29) is 41.5 Å². The van der Waals surface area contributed by atoms with Crippen molar-refractivity contribution in [1.82, 2.24) is 10.6 Å². The number of benzene rings is 1. The lowest BCUT2D eigenvalue weighted by Gasteiger charge is -2.15. The molecule has 0 spiro atoms. The van der Waals surface area contributed by atoms with Crippen LogP contribution in [-0.2, 0) is 16.3 Å². The van der Waals surface area contributed by atoms with E-state index in [1.165, 1.54) is 11.1 Å². The van der Waals surface area contributed by atoms with Crippen LogP contribution >= 0.6 is 24.0 Å². The van der Waals surface area contributed by atoms with Gasteiger partial charge in [0.25, 0.3) is 0 Å². The van der Waals surface area contributed by atoms with Gasteiger partial charge < -0.3 is 10.6 Å². The number of aliphatic imine (C=N–C) groups is 1. The van der Waals surface area contributed by atoms with E-state index in [0.29, 0.717) is 18.9 Å². The number of sulfone groups is 1. The molecule has 7 heteroatoms. The predicted octanol–water partition coefficient (Wildman–Crippen LogP) is 1.90. The first-order valence-corrected chi connectivity index (χ1v) is 9.61. The molecule has 1 aliphatic heterocycles. The van der Waals surface area contributed by atoms with Crippen molar-refractivity contribution in [3.05, 3.63) is 35.4 Å². The number of rotatable bonds is 5. The Balaban J connectivity index is 0.00000264. The summed E-state index contributed by atoms with van der Waals surface area (Å²) in [5.41, 5.74) is 2.52. The summed E-state index contributed by atoms with van der Waals surface area (Å²) in [7, 11) is -2.87. The van der Waals surface area contributed by atoms with E-state index < -0.39 is 9.84 Å². The molecular weight excluding hydrogens is 425 g/mol. The number of halogens is 1. The molecule has 0 radical (unpaired) electrons. The van der Waals surface area contributed by atoms with Gasteiger partial charge in [-0.1, -0.05) is 29.8 Å². The lowest BCUT2D eigenvalue weighted by atomic mass is 10.1. The van der Waals surface area contributed by atoms with Crippen LogP contribution in [-0.4, -0.2) is 45.0 Å². The third-order valence-electron chi connectivity index (χ3n) is 3.67. The minimum absolute atomic E-state index is 0. The van der Waals surface area contributed by atoms with Gasteiger partial charge in [-0.3, -0.25) is 4.99 Å². The quantitative estimate of drug-likeness (QED) is 0.408. The van der Waals surface area contributed by atoms with Gasteiger partial charge >= 0.3 is 0 Å². The van der Waals surface area contributed by atoms with E-state index in [1.807, 2.05) is 6.92 Å². The zero-order valence-corrected chi connectivity index (χ0v) is 16.9. The number of hydrogen-bond donors (Lipinski definition) is 2. The summed E-state index contributed by atoms with van der Waals surface area (Å²) in [6, 6.07) is 8.38. The second-order valence-corrected chi connectivity index (χ2v) is 7.97. The standard InChI is InChI=1S/C16H25N3O2S.HI/c1-3-17-16(19-15-8-10-22(20,21)12-15)18-9-7-14-6-4-5-13(2)11-14;/h4-6,11,15H,3,7-10,12H2,1-2H3,(H2,17,18,19);1H. The van der Waals surface area contributed by atoms with Crippen LogP contribution in [0.4, 0.5) is 0 Å². The molecule has 1 heterocycles. The van der Waals surface area contributed by atoms with Crippen molar-refractivity contribution >= 4 is 39.8 Å². The number of hydrogen-bond acceptors (Lipinski definition) is 3. The molecule has 5 nitrogen and oxygen atoms in total. The summed E-state index contributed by atoms with van der Waals surface area (Å²) in [6.45, 7) is 5.52. The van der Waals surface area contributed by atoms with Gasteiger partial charge in [-0.05, 0) is 32.3 Å². The Morgan fingerprint density at radius 2 is 2.17 bits per heavy atom. The van der Waals surface area contributed by atoms with Crippen molar-refractivity contribution in [3.63, 3.8) is 0 Å². The van der Waals surface area contributed by atoms with Crippen LogP contribution < -0.4 is 10.6 Å². The van der Waals surface area contributed by atoms with Crippen LogP contribution in [0.3, 0.4) is 0 Å². The lowest BCUT2D eigenvalue weighted by molar-refractivity contribution is 0.599. The summed E-state index contributed by atoms with van der Waals surface area (Å²) in [4.78, 5) is 4.55. The van der Waals surface area contributed by atoms with Crippen molar-refractivity contribution in [2.24, 2.45) is 4.99 Å². The zero-order chi connectivity index (χ0) is 16.0. The molecule has 1 aromatic carbocycles.